The third-order valence-corrected chi connectivity index (χ3v) is 4.07. The highest BCUT2D eigenvalue weighted by Gasteiger charge is 2.44. The number of carbonyl (C=O) groups is 2. The maximum atomic E-state index is 14.2. The van der Waals surface area contributed by atoms with Crippen LogP contribution in [0.15, 0.2) is 12.1 Å². The predicted molar refractivity (Wildman–Crippen MR) is 72.1 cm³/mol. The van der Waals surface area contributed by atoms with Gasteiger partial charge in [-0.05, 0) is 30.5 Å². The molecule has 1 saturated carbocycles. The lowest BCUT2D eigenvalue weighted by atomic mass is 9.78. The SMILES string of the molecule is COC(=O)c1cc(C2(C(=O)O)CCCC2)cc(F)c1OC. The lowest BCUT2D eigenvalue weighted by Gasteiger charge is -2.25. The highest BCUT2D eigenvalue weighted by Crippen LogP contribution is 2.43. The van der Waals surface area contributed by atoms with Crippen molar-refractivity contribution in [2.24, 2.45) is 0 Å². The molecule has 6 heteroatoms. The first-order valence-corrected chi connectivity index (χ1v) is 6.66. The summed E-state index contributed by atoms with van der Waals surface area (Å²) in [6.07, 6.45) is 2.37. The number of carboxylic acids is 1. The first kappa shape index (κ1) is 15.3. The Morgan fingerprint density at radius 3 is 2.33 bits per heavy atom. The van der Waals surface area contributed by atoms with Gasteiger partial charge in [-0.25, -0.2) is 9.18 Å². The Morgan fingerprint density at radius 2 is 1.86 bits per heavy atom. The molecule has 21 heavy (non-hydrogen) atoms. The van der Waals surface area contributed by atoms with E-state index in [1.54, 1.807) is 0 Å². The van der Waals surface area contributed by atoms with Crippen molar-refractivity contribution in [3.8, 4) is 5.75 Å². The first-order valence-electron chi connectivity index (χ1n) is 6.66. The van der Waals surface area contributed by atoms with E-state index in [0.29, 0.717) is 12.8 Å². The minimum atomic E-state index is -1.14. The molecular formula is C15H17FO5. The lowest BCUT2D eigenvalue weighted by molar-refractivity contribution is -0.143. The number of halogens is 1. The number of esters is 1. The maximum absolute atomic E-state index is 14.2. The van der Waals surface area contributed by atoms with Gasteiger partial charge in [0.2, 0.25) is 0 Å². The molecule has 1 fully saturated rings. The average Bonchev–Trinajstić information content (AvgIpc) is 2.96. The second-order valence-electron chi connectivity index (χ2n) is 5.12. The van der Waals surface area contributed by atoms with Crippen molar-refractivity contribution in [3.63, 3.8) is 0 Å². The molecule has 1 aliphatic rings. The minimum Gasteiger partial charge on any atom is -0.493 e. The van der Waals surface area contributed by atoms with Crippen LogP contribution in [-0.2, 0) is 14.9 Å². The molecule has 5 nitrogen and oxygen atoms in total. The van der Waals surface area contributed by atoms with Crippen molar-refractivity contribution in [3.05, 3.63) is 29.1 Å². The summed E-state index contributed by atoms with van der Waals surface area (Å²) < 4.78 is 23.7. The molecule has 0 atom stereocenters. The van der Waals surface area contributed by atoms with Crippen LogP contribution in [0, 0.1) is 5.82 Å². The molecule has 0 unspecified atom stereocenters. The van der Waals surface area contributed by atoms with Gasteiger partial charge >= 0.3 is 11.9 Å². The van der Waals surface area contributed by atoms with Crippen LogP contribution >= 0.6 is 0 Å². The van der Waals surface area contributed by atoms with Crippen LogP contribution < -0.4 is 4.74 Å². The van der Waals surface area contributed by atoms with E-state index in [1.807, 2.05) is 0 Å². The molecule has 0 bridgehead atoms. The van der Waals surface area contributed by atoms with Gasteiger partial charge in [-0.3, -0.25) is 4.79 Å². The third kappa shape index (κ3) is 2.46. The summed E-state index contributed by atoms with van der Waals surface area (Å²) in [5.74, 6) is -2.75. The van der Waals surface area contributed by atoms with E-state index in [4.69, 9.17) is 4.74 Å². The van der Waals surface area contributed by atoms with E-state index in [1.165, 1.54) is 20.3 Å². The van der Waals surface area contributed by atoms with Crippen molar-refractivity contribution in [2.45, 2.75) is 31.1 Å². The van der Waals surface area contributed by atoms with Crippen LogP contribution in [0.25, 0.3) is 0 Å². The molecule has 0 amide bonds. The zero-order chi connectivity index (χ0) is 15.6. The highest BCUT2D eigenvalue weighted by atomic mass is 19.1. The second kappa shape index (κ2) is 5.71. The molecule has 0 heterocycles. The number of hydrogen-bond acceptors (Lipinski definition) is 4. The van der Waals surface area contributed by atoms with Crippen molar-refractivity contribution in [1.29, 1.82) is 0 Å². The fraction of sp³-hybridized carbons (Fsp3) is 0.467. The van der Waals surface area contributed by atoms with Gasteiger partial charge in [0.1, 0.15) is 5.56 Å². The number of benzene rings is 1. The van der Waals surface area contributed by atoms with E-state index >= 15 is 0 Å². The first-order chi connectivity index (χ1) is 9.96. The van der Waals surface area contributed by atoms with Gasteiger partial charge < -0.3 is 14.6 Å². The summed E-state index contributed by atoms with van der Waals surface area (Å²) in [6, 6.07) is 2.51. The standard InChI is InChI=1S/C15H17FO5/c1-20-12-10(13(17)21-2)7-9(8-11(12)16)15(14(18)19)5-3-4-6-15/h7-8H,3-6H2,1-2H3,(H,18,19). The van der Waals surface area contributed by atoms with Gasteiger partial charge in [-0.1, -0.05) is 12.8 Å². The lowest BCUT2D eigenvalue weighted by Crippen LogP contribution is -2.33. The highest BCUT2D eigenvalue weighted by molar-refractivity contribution is 5.93. The zero-order valence-corrected chi connectivity index (χ0v) is 11.9. The monoisotopic (exact) mass is 296 g/mol. The number of aliphatic carboxylic acids is 1. The molecule has 0 aliphatic heterocycles. The molecule has 1 aromatic rings. The Labute approximate surface area is 121 Å². The third-order valence-electron chi connectivity index (χ3n) is 4.07. The number of ether oxygens (including phenoxy) is 2. The number of carbonyl (C=O) groups excluding carboxylic acids is 1. The van der Waals surface area contributed by atoms with Gasteiger partial charge in [-0.15, -0.1) is 0 Å². The van der Waals surface area contributed by atoms with Crippen LogP contribution in [0.4, 0.5) is 4.39 Å². The number of hydrogen-bond donors (Lipinski definition) is 1. The van der Waals surface area contributed by atoms with Crippen LogP contribution in [0.1, 0.15) is 41.6 Å². The van der Waals surface area contributed by atoms with Crippen molar-refractivity contribution in [2.75, 3.05) is 14.2 Å². The molecule has 1 N–H and O–H groups in total. The molecule has 114 valence electrons. The molecule has 1 aliphatic carbocycles. The van der Waals surface area contributed by atoms with E-state index < -0.39 is 23.2 Å². The summed E-state index contributed by atoms with van der Waals surface area (Å²) >= 11 is 0. The quantitative estimate of drug-likeness (QED) is 0.864. The van der Waals surface area contributed by atoms with E-state index in [9.17, 15) is 19.1 Å². The van der Waals surface area contributed by atoms with Gasteiger partial charge in [0, 0.05) is 0 Å². The topological polar surface area (TPSA) is 72.8 Å². The largest absolute Gasteiger partial charge is 0.493 e. The van der Waals surface area contributed by atoms with E-state index in [2.05, 4.69) is 4.74 Å². The van der Waals surface area contributed by atoms with Crippen LogP contribution in [0.5, 0.6) is 5.75 Å². The minimum absolute atomic E-state index is 0.0949. The second-order valence-corrected chi connectivity index (χ2v) is 5.12. The predicted octanol–water partition coefficient (Wildman–Crippen LogP) is 2.52. The molecule has 0 radical (unpaired) electrons. The van der Waals surface area contributed by atoms with Crippen molar-refractivity contribution >= 4 is 11.9 Å². The molecule has 0 aromatic heterocycles. The Morgan fingerprint density at radius 1 is 1.24 bits per heavy atom. The van der Waals surface area contributed by atoms with Gasteiger partial charge in [-0.2, -0.15) is 0 Å². The van der Waals surface area contributed by atoms with Gasteiger partial charge in [0.05, 0.1) is 19.6 Å². The number of rotatable bonds is 4. The molecule has 2 rings (SSSR count). The maximum Gasteiger partial charge on any atom is 0.341 e. The van der Waals surface area contributed by atoms with Crippen LogP contribution in [0.3, 0.4) is 0 Å². The Bertz CT molecular complexity index is 576. The Balaban J connectivity index is 2.62. The van der Waals surface area contributed by atoms with Crippen molar-refractivity contribution < 1.29 is 28.6 Å². The zero-order valence-electron chi connectivity index (χ0n) is 11.9. The fourth-order valence-electron chi connectivity index (χ4n) is 2.94. The summed E-state index contributed by atoms with van der Waals surface area (Å²) in [7, 11) is 2.42. The summed E-state index contributed by atoms with van der Waals surface area (Å²) in [6.45, 7) is 0. The molecule has 0 saturated heterocycles. The Kier molecular flexibility index (Phi) is 4.16. The van der Waals surface area contributed by atoms with Crippen LogP contribution in [-0.4, -0.2) is 31.3 Å². The fourth-order valence-corrected chi connectivity index (χ4v) is 2.94. The smallest absolute Gasteiger partial charge is 0.341 e. The molecule has 0 spiro atoms. The van der Waals surface area contributed by atoms with E-state index in [0.717, 1.165) is 18.9 Å². The van der Waals surface area contributed by atoms with Crippen molar-refractivity contribution in [1.82, 2.24) is 0 Å². The summed E-state index contributed by atoms with van der Waals surface area (Å²) in [5, 5.41) is 9.55. The number of carboxylic acid groups (broad SMARTS) is 1. The number of methoxy groups -OCH3 is 2. The normalized spacial score (nSPS) is 16.5. The van der Waals surface area contributed by atoms with E-state index in [-0.39, 0.29) is 16.9 Å². The molecule has 1 aromatic carbocycles. The average molecular weight is 296 g/mol. The summed E-state index contributed by atoms with van der Waals surface area (Å²) in [5.41, 5.74) is -0.954. The Hall–Kier alpha value is -2.11. The van der Waals surface area contributed by atoms with Crippen LogP contribution in [0.2, 0.25) is 0 Å². The summed E-state index contributed by atoms with van der Waals surface area (Å²) in [4.78, 5) is 23.4. The molecular weight excluding hydrogens is 279 g/mol. The van der Waals surface area contributed by atoms with Gasteiger partial charge in [0.15, 0.2) is 11.6 Å². The van der Waals surface area contributed by atoms with Gasteiger partial charge in [0.25, 0.3) is 0 Å².